The van der Waals surface area contributed by atoms with Crippen LogP contribution in [0.5, 0.6) is 11.5 Å². The Labute approximate surface area is 129 Å². The van der Waals surface area contributed by atoms with Crippen molar-refractivity contribution in [1.82, 2.24) is 15.0 Å². The van der Waals surface area contributed by atoms with Crippen molar-refractivity contribution < 1.29 is 9.47 Å². The molecular formula is C17H17N3O2. The van der Waals surface area contributed by atoms with Crippen molar-refractivity contribution in [2.45, 2.75) is 6.54 Å². The smallest absolute Gasteiger partial charge is 0.118 e. The number of hydrogen-bond acceptors (Lipinski definition) is 4. The van der Waals surface area contributed by atoms with E-state index in [1.54, 1.807) is 20.4 Å². The van der Waals surface area contributed by atoms with Gasteiger partial charge in [0.1, 0.15) is 11.5 Å². The van der Waals surface area contributed by atoms with Gasteiger partial charge in [-0.15, -0.1) is 5.10 Å². The number of ether oxygens (including phenoxy) is 2. The quantitative estimate of drug-likeness (QED) is 0.726. The first kappa shape index (κ1) is 14.1. The van der Waals surface area contributed by atoms with E-state index in [9.17, 15) is 0 Å². The molecule has 5 nitrogen and oxygen atoms in total. The summed E-state index contributed by atoms with van der Waals surface area (Å²) >= 11 is 0. The number of benzene rings is 2. The lowest BCUT2D eigenvalue weighted by Gasteiger charge is -2.08. The van der Waals surface area contributed by atoms with E-state index in [1.165, 1.54) is 0 Å². The minimum Gasteiger partial charge on any atom is -0.497 e. The molecule has 0 radical (unpaired) electrons. The van der Waals surface area contributed by atoms with Crippen LogP contribution in [0.4, 0.5) is 0 Å². The van der Waals surface area contributed by atoms with E-state index in [1.807, 2.05) is 53.2 Å². The minimum absolute atomic E-state index is 0.658. The largest absolute Gasteiger partial charge is 0.497 e. The molecule has 3 rings (SSSR count). The highest BCUT2D eigenvalue weighted by Crippen LogP contribution is 2.22. The van der Waals surface area contributed by atoms with Gasteiger partial charge in [0.05, 0.1) is 32.7 Å². The number of nitrogens with zero attached hydrogens (tertiary/aromatic N) is 3. The maximum atomic E-state index is 5.18. The van der Waals surface area contributed by atoms with Crippen LogP contribution in [-0.4, -0.2) is 29.2 Å². The van der Waals surface area contributed by atoms with Gasteiger partial charge in [-0.1, -0.05) is 17.3 Å². The van der Waals surface area contributed by atoms with Crippen LogP contribution in [0.2, 0.25) is 0 Å². The molecule has 0 bridgehead atoms. The predicted octanol–water partition coefficient (Wildman–Crippen LogP) is 3.01. The summed E-state index contributed by atoms with van der Waals surface area (Å²) in [4.78, 5) is 0. The Hall–Kier alpha value is -2.82. The SMILES string of the molecule is COc1ccc(Cn2nncc2-c2ccc(OC)cc2)cc1. The van der Waals surface area contributed by atoms with Crippen LogP contribution in [0.15, 0.2) is 54.7 Å². The van der Waals surface area contributed by atoms with Gasteiger partial charge in [0, 0.05) is 5.56 Å². The van der Waals surface area contributed by atoms with E-state index >= 15 is 0 Å². The molecule has 0 fully saturated rings. The highest BCUT2D eigenvalue weighted by Gasteiger charge is 2.07. The van der Waals surface area contributed by atoms with E-state index in [-0.39, 0.29) is 0 Å². The Balaban J connectivity index is 1.84. The standard InChI is InChI=1S/C17H17N3O2/c1-21-15-7-3-13(4-8-15)12-20-17(11-18-19-20)14-5-9-16(22-2)10-6-14/h3-11H,12H2,1-2H3. The van der Waals surface area contributed by atoms with E-state index in [0.717, 1.165) is 28.3 Å². The van der Waals surface area contributed by atoms with Crippen molar-refractivity contribution in [1.29, 1.82) is 0 Å². The lowest BCUT2D eigenvalue weighted by molar-refractivity contribution is 0.414. The topological polar surface area (TPSA) is 49.2 Å². The molecule has 1 heterocycles. The fraction of sp³-hybridized carbons (Fsp3) is 0.176. The first-order valence-electron chi connectivity index (χ1n) is 6.96. The third kappa shape index (κ3) is 2.93. The minimum atomic E-state index is 0.658. The maximum absolute atomic E-state index is 5.18. The van der Waals surface area contributed by atoms with Crippen molar-refractivity contribution >= 4 is 0 Å². The van der Waals surface area contributed by atoms with Gasteiger partial charge in [0.25, 0.3) is 0 Å². The Morgan fingerprint density at radius 1 is 0.864 bits per heavy atom. The van der Waals surface area contributed by atoms with Crippen LogP contribution in [-0.2, 0) is 6.54 Å². The van der Waals surface area contributed by atoms with Crippen molar-refractivity contribution in [2.75, 3.05) is 14.2 Å². The molecule has 112 valence electrons. The van der Waals surface area contributed by atoms with Crippen LogP contribution in [0, 0.1) is 0 Å². The van der Waals surface area contributed by atoms with Gasteiger partial charge in [-0.25, -0.2) is 4.68 Å². The summed E-state index contributed by atoms with van der Waals surface area (Å²) in [5.74, 6) is 1.68. The molecule has 5 heteroatoms. The molecule has 0 amide bonds. The highest BCUT2D eigenvalue weighted by molar-refractivity contribution is 5.59. The number of aromatic nitrogens is 3. The van der Waals surface area contributed by atoms with Crippen LogP contribution in [0.25, 0.3) is 11.3 Å². The van der Waals surface area contributed by atoms with Gasteiger partial charge in [0.2, 0.25) is 0 Å². The van der Waals surface area contributed by atoms with E-state index in [4.69, 9.17) is 9.47 Å². The Bertz CT molecular complexity index is 733. The molecule has 0 unspecified atom stereocenters. The normalized spacial score (nSPS) is 10.5. The molecule has 0 aliphatic carbocycles. The zero-order valence-electron chi connectivity index (χ0n) is 12.6. The maximum Gasteiger partial charge on any atom is 0.118 e. The first-order chi connectivity index (χ1) is 10.8. The first-order valence-corrected chi connectivity index (χ1v) is 6.96. The molecule has 22 heavy (non-hydrogen) atoms. The number of rotatable bonds is 5. The average molecular weight is 295 g/mol. The fourth-order valence-corrected chi connectivity index (χ4v) is 2.26. The number of hydrogen-bond donors (Lipinski definition) is 0. The molecule has 0 aliphatic heterocycles. The molecule has 0 N–H and O–H groups in total. The molecule has 0 spiro atoms. The monoisotopic (exact) mass is 295 g/mol. The zero-order valence-corrected chi connectivity index (χ0v) is 12.6. The second-order valence-electron chi connectivity index (χ2n) is 4.85. The molecule has 3 aromatic rings. The molecule has 0 aliphatic rings. The van der Waals surface area contributed by atoms with Gasteiger partial charge in [-0.05, 0) is 42.0 Å². The Morgan fingerprint density at radius 3 is 2.05 bits per heavy atom. The molecule has 0 atom stereocenters. The predicted molar refractivity (Wildman–Crippen MR) is 84.1 cm³/mol. The molecule has 1 aromatic heterocycles. The Kier molecular flexibility index (Phi) is 4.05. The van der Waals surface area contributed by atoms with Crippen molar-refractivity contribution in [3.63, 3.8) is 0 Å². The van der Waals surface area contributed by atoms with Crippen molar-refractivity contribution in [3.8, 4) is 22.8 Å². The Morgan fingerprint density at radius 2 is 1.45 bits per heavy atom. The zero-order chi connectivity index (χ0) is 15.4. The van der Waals surface area contributed by atoms with E-state index in [0.29, 0.717) is 6.54 Å². The lowest BCUT2D eigenvalue weighted by atomic mass is 10.1. The number of methoxy groups -OCH3 is 2. The van der Waals surface area contributed by atoms with Crippen LogP contribution in [0.1, 0.15) is 5.56 Å². The summed E-state index contributed by atoms with van der Waals surface area (Å²) in [5, 5.41) is 8.21. The van der Waals surface area contributed by atoms with Gasteiger partial charge < -0.3 is 9.47 Å². The van der Waals surface area contributed by atoms with Crippen LogP contribution >= 0.6 is 0 Å². The van der Waals surface area contributed by atoms with Crippen molar-refractivity contribution in [3.05, 3.63) is 60.3 Å². The molecular weight excluding hydrogens is 278 g/mol. The molecule has 0 saturated carbocycles. The van der Waals surface area contributed by atoms with Crippen molar-refractivity contribution in [2.24, 2.45) is 0 Å². The summed E-state index contributed by atoms with van der Waals surface area (Å²) in [6.07, 6.45) is 1.77. The third-order valence-corrected chi connectivity index (χ3v) is 3.49. The fourth-order valence-electron chi connectivity index (χ4n) is 2.26. The second kappa shape index (κ2) is 6.30. The van der Waals surface area contributed by atoms with E-state index in [2.05, 4.69) is 10.3 Å². The molecule has 2 aromatic carbocycles. The van der Waals surface area contributed by atoms with Crippen LogP contribution < -0.4 is 9.47 Å². The highest BCUT2D eigenvalue weighted by atomic mass is 16.5. The summed E-state index contributed by atoms with van der Waals surface area (Å²) in [5.41, 5.74) is 3.17. The van der Waals surface area contributed by atoms with E-state index < -0.39 is 0 Å². The second-order valence-corrected chi connectivity index (χ2v) is 4.85. The van der Waals surface area contributed by atoms with Gasteiger partial charge in [-0.3, -0.25) is 0 Å². The van der Waals surface area contributed by atoms with Gasteiger partial charge in [-0.2, -0.15) is 0 Å². The third-order valence-electron chi connectivity index (χ3n) is 3.49. The summed E-state index contributed by atoms with van der Waals surface area (Å²) in [6.45, 7) is 0.658. The summed E-state index contributed by atoms with van der Waals surface area (Å²) in [7, 11) is 3.32. The molecule has 0 saturated heterocycles. The summed E-state index contributed by atoms with van der Waals surface area (Å²) in [6, 6.07) is 15.8. The lowest BCUT2D eigenvalue weighted by Crippen LogP contribution is -2.04. The van der Waals surface area contributed by atoms with Crippen LogP contribution in [0.3, 0.4) is 0 Å². The average Bonchev–Trinajstić information content (AvgIpc) is 3.04. The van der Waals surface area contributed by atoms with Gasteiger partial charge >= 0.3 is 0 Å². The van der Waals surface area contributed by atoms with Gasteiger partial charge in [0.15, 0.2) is 0 Å². The summed E-state index contributed by atoms with van der Waals surface area (Å²) < 4.78 is 12.2.